The number of ether oxygens (including phenoxy) is 1. The van der Waals surface area contributed by atoms with Gasteiger partial charge in [-0.3, -0.25) is 0 Å². The first kappa shape index (κ1) is 9.74. The van der Waals surface area contributed by atoms with Crippen molar-refractivity contribution in [2.24, 2.45) is 5.92 Å². The number of aliphatic hydroxyl groups excluding tert-OH is 1. The normalized spacial score (nSPS) is 38.5. The summed E-state index contributed by atoms with van der Waals surface area (Å²) in [5.41, 5.74) is 0. The van der Waals surface area contributed by atoms with Crippen LogP contribution in [0.3, 0.4) is 0 Å². The predicted molar refractivity (Wildman–Crippen MR) is 51.8 cm³/mol. The maximum absolute atomic E-state index is 9.80. The van der Waals surface area contributed by atoms with E-state index in [9.17, 15) is 5.11 Å². The van der Waals surface area contributed by atoms with Gasteiger partial charge in [0.25, 0.3) is 0 Å². The fourth-order valence-electron chi connectivity index (χ4n) is 1.97. The summed E-state index contributed by atoms with van der Waals surface area (Å²) in [6.45, 7) is 3.97. The Morgan fingerprint density at radius 3 is 2.86 bits per heavy atom. The average molecular weight is 196 g/mol. The van der Waals surface area contributed by atoms with E-state index in [-0.39, 0.29) is 24.2 Å². The zero-order valence-electron chi connectivity index (χ0n) is 8.51. The molecule has 0 saturated carbocycles. The van der Waals surface area contributed by atoms with Gasteiger partial charge in [-0.25, -0.2) is 0 Å². The van der Waals surface area contributed by atoms with E-state index in [1.807, 2.05) is 26.0 Å². The first-order chi connectivity index (χ1) is 6.68. The highest BCUT2D eigenvalue weighted by molar-refractivity contribution is 5.05. The van der Waals surface area contributed by atoms with Crippen LogP contribution in [-0.2, 0) is 4.74 Å². The fourth-order valence-corrected chi connectivity index (χ4v) is 1.97. The van der Waals surface area contributed by atoms with Gasteiger partial charge in [0.1, 0.15) is 11.9 Å². The molecule has 1 aliphatic heterocycles. The molecule has 1 saturated heterocycles. The smallest absolute Gasteiger partial charge is 0.132 e. The summed E-state index contributed by atoms with van der Waals surface area (Å²) < 4.78 is 11.1. The second-order valence-electron chi connectivity index (χ2n) is 4.04. The Morgan fingerprint density at radius 1 is 1.43 bits per heavy atom. The van der Waals surface area contributed by atoms with Crippen LogP contribution >= 0.6 is 0 Å². The van der Waals surface area contributed by atoms with Gasteiger partial charge in [-0.05, 0) is 25.5 Å². The van der Waals surface area contributed by atoms with Gasteiger partial charge >= 0.3 is 0 Å². The molecule has 1 aliphatic rings. The van der Waals surface area contributed by atoms with Crippen LogP contribution < -0.4 is 0 Å². The van der Waals surface area contributed by atoms with E-state index >= 15 is 0 Å². The van der Waals surface area contributed by atoms with Gasteiger partial charge in [-0.1, -0.05) is 6.92 Å². The molecule has 3 heteroatoms. The van der Waals surface area contributed by atoms with Gasteiger partial charge in [0.05, 0.1) is 18.5 Å². The molecule has 2 rings (SSSR count). The van der Waals surface area contributed by atoms with Gasteiger partial charge in [-0.15, -0.1) is 0 Å². The van der Waals surface area contributed by atoms with Crippen molar-refractivity contribution >= 4 is 0 Å². The monoisotopic (exact) mass is 196 g/mol. The molecule has 1 fully saturated rings. The SMILES string of the molecule is C[C@H]1[C@@H](c2ccco2)O[C@@H](C)C[C@@H]1O. The van der Waals surface area contributed by atoms with Crippen LogP contribution in [0.4, 0.5) is 0 Å². The minimum atomic E-state index is -0.297. The number of hydrogen-bond donors (Lipinski definition) is 1. The van der Waals surface area contributed by atoms with Gasteiger partial charge in [-0.2, -0.15) is 0 Å². The first-order valence-electron chi connectivity index (χ1n) is 5.05. The molecule has 0 radical (unpaired) electrons. The molecule has 2 heterocycles. The van der Waals surface area contributed by atoms with Gasteiger partial charge in [0, 0.05) is 5.92 Å². The number of hydrogen-bond acceptors (Lipinski definition) is 3. The Morgan fingerprint density at radius 2 is 2.21 bits per heavy atom. The largest absolute Gasteiger partial charge is 0.467 e. The Balaban J connectivity index is 2.17. The van der Waals surface area contributed by atoms with Crippen LogP contribution in [0, 0.1) is 5.92 Å². The van der Waals surface area contributed by atoms with E-state index in [1.165, 1.54) is 0 Å². The molecule has 14 heavy (non-hydrogen) atoms. The summed E-state index contributed by atoms with van der Waals surface area (Å²) in [7, 11) is 0. The standard InChI is InChI=1S/C11H16O3/c1-7-6-9(12)8(2)11(14-7)10-4-3-5-13-10/h3-5,7-9,11-12H,6H2,1-2H3/t7-,8+,9-,11-/m0/s1. The lowest BCUT2D eigenvalue weighted by molar-refractivity contribution is -0.133. The van der Waals surface area contributed by atoms with E-state index in [0.29, 0.717) is 6.42 Å². The lowest BCUT2D eigenvalue weighted by Gasteiger charge is -2.35. The van der Waals surface area contributed by atoms with E-state index in [0.717, 1.165) is 5.76 Å². The number of aliphatic hydroxyl groups is 1. The zero-order chi connectivity index (χ0) is 10.1. The maximum Gasteiger partial charge on any atom is 0.132 e. The average Bonchev–Trinajstić information content (AvgIpc) is 2.63. The van der Waals surface area contributed by atoms with Gasteiger partial charge < -0.3 is 14.3 Å². The molecular formula is C11H16O3. The maximum atomic E-state index is 9.80. The highest BCUT2D eigenvalue weighted by Gasteiger charge is 2.35. The van der Waals surface area contributed by atoms with E-state index in [1.54, 1.807) is 6.26 Å². The van der Waals surface area contributed by atoms with Gasteiger partial charge in [0.2, 0.25) is 0 Å². The predicted octanol–water partition coefficient (Wildman–Crippen LogP) is 2.13. The van der Waals surface area contributed by atoms with Crippen molar-refractivity contribution in [3.05, 3.63) is 24.2 Å². The van der Waals surface area contributed by atoms with E-state index < -0.39 is 0 Å². The fraction of sp³-hybridized carbons (Fsp3) is 0.636. The molecule has 0 spiro atoms. The van der Waals surface area contributed by atoms with Crippen LogP contribution in [0.5, 0.6) is 0 Å². The molecule has 78 valence electrons. The minimum absolute atomic E-state index is 0.0938. The van der Waals surface area contributed by atoms with Crippen molar-refractivity contribution in [2.75, 3.05) is 0 Å². The molecule has 1 aromatic heterocycles. The zero-order valence-corrected chi connectivity index (χ0v) is 8.51. The molecule has 4 atom stereocenters. The first-order valence-corrected chi connectivity index (χ1v) is 5.05. The molecule has 0 aliphatic carbocycles. The molecule has 1 N–H and O–H groups in total. The van der Waals surface area contributed by atoms with Crippen LogP contribution in [0.1, 0.15) is 32.1 Å². The van der Waals surface area contributed by atoms with Crippen LogP contribution in [-0.4, -0.2) is 17.3 Å². The topological polar surface area (TPSA) is 42.6 Å². The van der Waals surface area contributed by atoms with Gasteiger partial charge in [0.15, 0.2) is 0 Å². The van der Waals surface area contributed by atoms with Crippen LogP contribution in [0.2, 0.25) is 0 Å². The van der Waals surface area contributed by atoms with Crippen LogP contribution in [0.15, 0.2) is 22.8 Å². The molecule has 0 amide bonds. The molecule has 0 bridgehead atoms. The number of furan rings is 1. The highest BCUT2D eigenvalue weighted by atomic mass is 16.5. The van der Waals surface area contributed by atoms with E-state index in [2.05, 4.69) is 0 Å². The Labute approximate surface area is 83.7 Å². The van der Waals surface area contributed by atoms with Crippen molar-refractivity contribution in [3.8, 4) is 0 Å². The summed E-state index contributed by atoms with van der Waals surface area (Å²) in [4.78, 5) is 0. The Bertz CT molecular complexity index is 281. The summed E-state index contributed by atoms with van der Waals surface area (Å²) in [5.74, 6) is 0.903. The van der Waals surface area contributed by atoms with Crippen molar-refractivity contribution in [1.82, 2.24) is 0 Å². The Hall–Kier alpha value is -0.800. The molecular weight excluding hydrogens is 180 g/mol. The van der Waals surface area contributed by atoms with Crippen molar-refractivity contribution in [3.63, 3.8) is 0 Å². The van der Waals surface area contributed by atoms with Crippen LogP contribution in [0.25, 0.3) is 0 Å². The quantitative estimate of drug-likeness (QED) is 0.748. The molecule has 0 unspecified atom stereocenters. The summed E-state index contributed by atoms with van der Waals surface area (Å²) in [5, 5.41) is 9.80. The molecule has 3 nitrogen and oxygen atoms in total. The summed E-state index contributed by atoms with van der Waals surface area (Å²) in [6.07, 6.45) is 2.03. The second-order valence-corrected chi connectivity index (χ2v) is 4.04. The molecule has 0 aromatic carbocycles. The lowest BCUT2D eigenvalue weighted by atomic mass is 9.89. The lowest BCUT2D eigenvalue weighted by Crippen LogP contribution is -2.36. The summed E-state index contributed by atoms with van der Waals surface area (Å²) >= 11 is 0. The van der Waals surface area contributed by atoms with E-state index in [4.69, 9.17) is 9.15 Å². The third kappa shape index (κ3) is 1.70. The molecule has 1 aromatic rings. The van der Waals surface area contributed by atoms with Crippen molar-refractivity contribution < 1.29 is 14.3 Å². The number of rotatable bonds is 1. The van der Waals surface area contributed by atoms with Crippen molar-refractivity contribution in [1.29, 1.82) is 0 Å². The Kier molecular flexibility index (Phi) is 2.61. The van der Waals surface area contributed by atoms with Crippen molar-refractivity contribution in [2.45, 2.75) is 38.6 Å². The summed E-state index contributed by atoms with van der Waals surface area (Å²) in [6, 6.07) is 3.74. The third-order valence-corrected chi connectivity index (χ3v) is 2.86. The second kappa shape index (κ2) is 3.75. The highest BCUT2D eigenvalue weighted by Crippen LogP contribution is 2.36. The minimum Gasteiger partial charge on any atom is -0.467 e. The third-order valence-electron chi connectivity index (χ3n) is 2.86.